The fourth-order valence-corrected chi connectivity index (χ4v) is 4.11. The third-order valence-corrected chi connectivity index (χ3v) is 5.67. The SMILES string of the molecule is CC1(C)C2CCC1(C)C(C(OC=O)C(=O)O)C2. The van der Waals surface area contributed by atoms with Crippen LogP contribution in [0.5, 0.6) is 0 Å². The lowest BCUT2D eigenvalue weighted by Crippen LogP contribution is -2.43. The average Bonchev–Trinajstić information content (AvgIpc) is 2.57. The third-order valence-electron chi connectivity index (χ3n) is 5.67. The zero-order valence-corrected chi connectivity index (χ0v) is 10.6. The number of rotatable bonds is 4. The van der Waals surface area contributed by atoms with Crippen LogP contribution in [0.3, 0.4) is 0 Å². The van der Waals surface area contributed by atoms with E-state index in [1.807, 2.05) is 0 Å². The molecule has 0 heterocycles. The minimum Gasteiger partial charge on any atom is -0.478 e. The predicted octanol–water partition coefficient (Wildman–Crippen LogP) is 2.08. The molecule has 17 heavy (non-hydrogen) atoms. The first-order valence-electron chi connectivity index (χ1n) is 6.16. The zero-order valence-electron chi connectivity index (χ0n) is 10.6. The Morgan fingerprint density at radius 1 is 1.47 bits per heavy atom. The molecule has 4 heteroatoms. The third kappa shape index (κ3) is 1.49. The van der Waals surface area contributed by atoms with Crippen LogP contribution in [0, 0.1) is 22.7 Å². The lowest BCUT2D eigenvalue weighted by Gasteiger charge is -2.40. The minimum absolute atomic E-state index is 0.0380. The van der Waals surface area contributed by atoms with E-state index >= 15 is 0 Å². The lowest BCUT2D eigenvalue weighted by molar-refractivity contribution is -0.164. The summed E-state index contributed by atoms with van der Waals surface area (Å²) in [4.78, 5) is 21.7. The van der Waals surface area contributed by atoms with Gasteiger partial charge in [-0.25, -0.2) is 4.79 Å². The largest absolute Gasteiger partial charge is 0.478 e. The number of hydrogen-bond acceptors (Lipinski definition) is 3. The van der Waals surface area contributed by atoms with Crippen LogP contribution in [0.25, 0.3) is 0 Å². The first-order chi connectivity index (χ1) is 7.84. The molecule has 0 aromatic heterocycles. The van der Waals surface area contributed by atoms with Crippen molar-refractivity contribution in [1.82, 2.24) is 0 Å². The second-order valence-electron chi connectivity index (χ2n) is 6.21. The van der Waals surface area contributed by atoms with Crippen molar-refractivity contribution >= 4 is 12.4 Å². The highest BCUT2D eigenvalue weighted by atomic mass is 16.5. The van der Waals surface area contributed by atoms with E-state index in [4.69, 9.17) is 4.74 Å². The van der Waals surface area contributed by atoms with Crippen molar-refractivity contribution in [3.63, 3.8) is 0 Å². The van der Waals surface area contributed by atoms with Gasteiger partial charge in [-0.3, -0.25) is 4.79 Å². The normalized spacial score (nSPS) is 39.9. The van der Waals surface area contributed by atoms with E-state index < -0.39 is 12.1 Å². The zero-order chi connectivity index (χ0) is 12.8. The fraction of sp³-hybridized carbons (Fsp3) is 0.846. The molecule has 2 fully saturated rings. The number of carboxylic acid groups (broad SMARTS) is 1. The van der Waals surface area contributed by atoms with Crippen molar-refractivity contribution in [1.29, 1.82) is 0 Å². The van der Waals surface area contributed by atoms with E-state index in [9.17, 15) is 14.7 Å². The number of fused-ring (bicyclic) bond motifs is 2. The first-order valence-corrected chi connectivity index (χ1v) is 6.16. The van der Waals surface area contributed by atoms with Crippen LogP contribution in [0.1, 0.15) is 40.0 Å². The topological polar surface area (TPSA) is 63.6 Å². The van der Waals surface area contributed by atoms with Crippen molar-refractivity contribution in [3.8, 4) is 0 Å². The van der Waals surface area contributed by atoms with Gasteiger partial charge in [-0.2, -0.15) is 0 Å². The molecule has 96 valence electrons. The van der Waals surface area contributed by atoms with Crippen LogP contribution < -0.4 is 0 Å². The Hall–Kier alpha value is -1.06. The highest BCUT2D eigenvalue weighted by Gasteiger charge is 2.64. The first kappa shape index (κ1) is 12.4. The number of carbonyl (C=O) groups is 2. The second-order valence-corrected chi connectivity index (χ2v) is 6.21. The van der Waals surface area contributed by atoms with Crippen LogP contribution in [0.2, 0.25) is 0 Å². The predicted molar refractivity (Wildman–Crippen MR) is 61.3 cm³/mol. The van der Waals surface area contributed by atoms with Gasteiger partial charge in [0.25, 0.3) is 6.47 Å². The fourth-order valence-electron chi connectivity index (χ4n) is 4.11. The van der Waals surface area contributed by atoms with Crippen molar-refractivity contribution in [2.75, 3.05) is 0 Å². The van der Waals surface area contributed by atoms with Crippen LogP contribution >= 0.6 is 0 Å². The van der Waals surface area contributed by atoms with Crippen LogP contribution in [-0.2, 0) is 14.3 Å². The second kappa shape index (κ2) is 3.72. The molecule has 2 aliphatic carbocycles. The molecule has 0 aromatic rings. The molecule has 0 spiro atoms. The monoisotopic (exact) mass is 240 g/mol. The van der Waals surface area contributed by atoms with E-state index in [2.05, 4.69) is 20.8 Å². The van der Waals surface area contributed by atoms with Crippen molar-refractivity contribution in [2.24, 2.45) is 22.7 Å². The molecular formula is C13H20O4. The summed E-state index contributed by atoms with van der Waals surface area (Å²) in [6.45, 7) is 6.84. The van der Waals surface area contributed by atoms with Gasteiger partial charge in [0, 0.05) is 5.92 Å². The Balaban J connectivity index is 2.30. The van der Waals surface area contributed by atoms with E-state index in [1.165, 1.54) is 0 Å². The Kier molecular flexibility index (Phi) is 2.71. The summed E-state index contributed by atoms with van der Waals surface area (Å²) in [6, 6.07) is 0. The quantitative estimate of drug-likeness (QED) is 0.764. The molecule has 4 unspecified atom stereocenters. The smallest absolute Gasteiger partial charge is 0.345 e. The highest BCUT2D eigenvalue weighted by molar-refractivity contribution is 5.74. The van der Waals surface area contributed by atoms with Gasteiger partial charge in [-0.05, 0) is 36.0 Å². The minimum atomic E-state index is -1.02. The summed E-state index contributed by atoms with van der Waals surface area (Å²) in [7, 11) is 0. The summed E-state index contributed by atoms with van der Waals surface area (Å²) in [5.41, 5.74) is 0.0986. The number of carboxylic acids is 1. The molecule has 0 aromatic carbocycles. The summed E-state index contributed by atoms with van der Waals surface area (Å²) in [5, 5.41) is 9.19. The van der Waals surface area contributed by atoms with Crippen molar-refractivity contribution in [3.05, 3.63) is 0 Å². The van der Waals surface area contributed by atoms with E-state index in [0.29, 0.717) is 5.92 Å². The molecule has 1 N–H and O–H groups in total. The molecule has 2 rings (SSSR count). The molecule has 2 bridgehead atoms. The van der Waals surface area contributed by atoms with Crippen LogP contribution in [0.4, 0.5) is 0 Å². The summed E-state index contributed by atoms with van der Waals surface area (Å²) < 4.78 is 4.82. The van der Waals surface area contributed by atoms with E-state index in [-0.39, 0.29) is 23.2 Å². The van der Waals surface area contributed by atoms with Gasteiger partial charge in [-0.15, -0.1) is 0 Å². The van der Waals surface area contributed by atoms with Gasteiger partial charge in [-0.1, -0.05) is 20.8 Å². The Morgan fingerprint density at radius 3 is 2.47 bits per heavy atom. The van der Waals surface area contributed by atoms with Gasteiger partial charge >= 0.3 is 5.97 Å². The molecule has 0 saturated heterocycles. The lowest BCUT2D eigenvalue weighted by atomic mass is 9.65. The molecule has 0 aliphatic heterocycles. The number of aliphatic carboxylic acids is 1. The van der Waals surface area contributed by atoms with Crippen molar-refractivity contribution in [2.45, 2.75) is 46.1 Å². The van der Waals surface area contributed by atoms with Gasteiger partial charge in [0.05, 0.1) is 0 Å². The number of carbonyl (C=O) groups excluding carboxylic acids is 1. The average molecular weight is 240 g/mol. The van der Waals surface area contributed by atoms with Gasteiger partial charge in [0.2, 0.25) is 6.10 Å². The molecule has 4 atom stereocenters. The number of ether oxygens (including phenoxy) is 1. The summed E-state index contributed by atoms with van der Waals surface area (Å²) in [6.07, 6.45) is 2.06. The standard InChI is InChI=1S/C13H20O4/c1-12(2)8-4-5-13(12,3)9(6-8)10(11(15)16)17-7-14/h7-10H,4-6H2,1-3H3,(H,15,16). The maximum Gasteiger partial charge on any atom is 0.345 e. The molecule has 0 radical (unpaired) electrons. The molecule has 4 nitrogen and oxygen atoms in total. The maximum atomic E-state index is 11.2. The Bertz CT molecular complexity index is 349. The van der Waals surface area contributed by atoms with E-state index in [1.54, 1.807) is 0 Å². The molecule has 2 saturated carbocycles. The molecule has 2 aliphatic rings. The Labute approximate surface area is 101 Å². The summed E-state index contributed by atoms with van der Waals surface area (Å²) >= 11 is 0. The van der Waals surface area contributed by atoms with Gasteiger partial charge < -0.3 is 9.84 Å². The maximum absolute atomic E-state index is 11.2. The van der Waals surface area contributed by atoms with Crippen LogP contribution in [-0.4, -0.2) is 23.7 Å². The molecule has 0 amide bonds. The van der Waals surface area contributed by atoms with Crippen molar-refractivity contribution < 1.29 is 19.4 Å². The van der Waals surface area contributed by atoms with Crippen LogP contribution in [0.15, 0.2) is 0 Å². The molecular weight excluding hydrogens is 220 g/mol. The highest BCUT2D eigenvalue weighted by Crippen LogP contribution is 2.68. The van der Waals surface area contributed by atoms with Gasteiger partial charge in [0.15, 0.2) is 0 Å². The Morgan fingerprint density at radius 2 is 2.12 bits per heavy atom. The van der Waals surface area contributed by atoms with Gasteiger partial charge in [0.1, 0.15) is 0 Å². The van der Waals surface area contributed by atoms with E-state index in [0.717, 1.165) is 19.3 Å². The number of hydrogen-bond donors (Lipinski definition) is 1. The summed E-state index contributed by atoms with van der Waals surface area (Å²) in [5.74, 6) is -0.528.